The van der Waals surface area contributed by atoms with Crippen LogP contribution in [-0.2, 0) is 15.6 Å². The van der Waals surface area contributed by atoms with Gasteiger partial charge in [-0.3, -0.25) is 0 Å². The third-order valence-corrected chi connectivity index (χ3v) is 11.2. The molecule has 0 aromatic heterocycles. The summed E-state index contributed by atoms with van der Waals surface area (Å²) in [6, 6.07) is 26.3. The van der Waals surface area contributed by atoms with E-state index in [9.17, 15) is 0 Å². The van der Waals surface area contributed by atoms with Crippen LogP contribution in [0.2, 0.25) is 0 Å². The first-order valence-corrected chi connectivity index (χ1v) is 14.5. The van der Waals surface area contributed by atoms with E-state index >= 15 is 0 Å². The number of hydrogen-bond acceptors (Lipinski definition) is 2. The van der Waals surface area contributed by atoms with Gasteiger partial charge < -0.3 is 9.47 Å². The third kappa shape index (κ3) is 4.32. The second-order valence-electron chi connectivity index (χ2n) is 11.2. The number of hydrogen-bond donors (Lipinski definition) is 0. The Labute approximate surface area is 213 Å². The highest BCUT2D eigenvalue weighted by Gasteiger charge is 2.55. The molecule has 0 aliphatic heterocycles. The lowest BCUT2D eigenvalue weighted by atomic mass is 9.50. The molecule has 2 nitrogen and oxygen atoms in total. The molecule has 35 heavy (non-hydrogen) atoms. The topological polar surface area (TPSA) is 18.5 Å². The van der Waals surface area contributed by atoms with Crippen LogP contribution in [0.1, 0.15) is 50.2 Å². The van der Waals surface area contributed by atoms with Crippen LogP contribution < -0.4 is 4.74 Å². The zero-order valence-corrected chi connectivity index (χ0v) is 22.0. The fourth-order valence-corrected chi connectivity index (χ4v) is 9.61. The van der Waals surface area contributed by atoms with Crippen LogP contribution in [0.4, 0.5) is 0 Å². The average Bonchev–Trinajstić information content (AvgIpc) is 2.85. The predicted molar refractivity (Wildman–Crippen MR) is 143 cm³/mol. The molecule has 4 aliphatic rings. The summed E-state index contributed by atoms with van der Waals surface area (Å²) in [6.07, 6.45) is 6.90. The lowest BCUT2D eigenvalue weighted by molar-refractivity contribution is -0.218. The molecular weight excluding hydrogens is 448 g/mol. The monoisotopic (exact) mass is 485 g/mol. The molecule has 3 aromatic rings. The molecular formula is C32H37O2S+. The van der Waals surface area contributed by atoms with E-state index in [1.807, 2.05) is 0 Å². The number of rotatable bonds is 7. The molecule has 0 radical (unpaired) electrons. The van der Waals surface area contributed by atoms with E-state index in [-0.39, 0.29) is 16.5 Å². The van der Waals surface area contributed by atoms with Gasteiger partial charge in [0.2, 0.25) is 0 Å². The van der Waals surface area contributed by atoms with Crippen molar-refractivity contribution in [1.29, 1.82) is 0 Å². The van der Waals surface area contributed by atoms with Crippen LogP contribution in [0, 0.1) is 37.5 Å². The molecule has 0 N–H and O–H groups in total. The molecule has 0 unspecified atom stereocenters. The summed E-state index contributed by atoms with van der Waals surface area (Å²) in [5.74, 6) is 4.31. The van der Waals surface area contributed by atoms with Gasteiger partial charge in [-0.1, -0.05) is 36.4 Å². The molecule has 3 aromatic carbocycles. The highest BCUT2D eigenvalue weighted by molar-refractivity contribution is 7.97. The van der Waals surface area contributed by atoms with Crippen LogP contribution in [0.15, 0.2) is 87.5 Å². The quantitative estimate of drug-likeness (QED) is 0.250. The summed E-state index contributed by atoms with van der Waals surface area (Å²) in [5, 5.41) is 0. The molecule has 0 heterocycles. The molecule has 4 fully saturated rings. The third-order valence-electron chi connectivity index (χ3n) is 8.96. The smallest absolute Gasteiger partial charge is 0.189 e. The summed E-state index contributed by atoms with van der Waals surface area (Å²) in [4.78, 5) is 4.01. The summed E-state index contributed by atoms with van der Waals surface area (Å²) in [7, 11) is -0.149. The van der Waals surface area contributed by atoms with E-state index in [0.717, 1.165) is 17.6 Å². The minimum Gasteiger partial charge on any atom is -0.467 e. The van der Waals surface area contributed by atoms with E-state index < -0.39 is 0 Å². The fraction of sp³-hybridized carbons (Fsp3) is 0.438. The number of benzene rings is 3. The molecule has 0 atom stereocenters. The Balaban J connectivity index is 1.22. The van der Waals surface area contributed by atoms with Crippen molar-refractivity contribution in [3.05, 3.63) is 83.9 Å². The lowest BCUT2D eigenvalue weighted by Gasteiger charge is -2.59. The Hall–Kier alpha value is -2.23. The summed E-state index contributed by atoms with van der Waals surface area (Å²) < 4.78 is 13.0. The molecule has 3 heteroatoms. The summed E-state index contributed by atoms with van der Waals surface area (Å²) in [5.41, 5.74) is 2.36. The van der Waals surface area contributed by atoms with Crippen LogP contribution in [0.25, 0.3) is 0 Å². The van der Waals surface area contributed by atoms with E-state index in [0.29, 0.717) is 18.6 Å². The minimum atomic E-state index is -0.149. The normalized spacial score (nSPS) is 29.0. The van der Waals surface area contributed by atoms with Crippen LogP contribution in [0.3, 0.4) is 0 Å². The molecule has 0 saturated heterocycles. The van der Waals surface area contributed by atoms with Gasteiger partial charge in [-0.2, -0.15) is 0 Å². The largest absolute Gasteiger partial charge is 0.467 e. The van der Waals surface area contributed by atoms with Crippen LogP contribution in [0.5, 0.6) is 5.75 Å². The van der Waals surface area contributed by atoms with E-state index in [4.69, 9.17) is 9.47 Å². The van der Waals surface area contributed by atoms with E-state index in [1.54, 1.807) is 0 Å². The van der Waals surface area contributed by atoms with Gasteiger partial charge in [-0.25, -0.2) is 0 Å². The molecule has 0 spiro atoms. The van der Waals surface area contributed by atoms with Crippen molar-refractivity contribution in [2.24, 2.45) is 23.7 Å². The van der Waals surface area contributed by atoms with Gasteiger partial charge in [0, 0.05) is 12.1 Å². The van der Waals surface area contributed by atoms with Gasteiger partial charge >= 0.3 is 0 Å². The van der Waals surface area contributed by atoms with Crippen molar-refractivity contribution in [1.82, 2.24) is 0 Å². The molecule has 4 saturated carbocycles. The first kappa shape index (κ1) is 23.2. The molecule has 7 rings (SSSR count). The van der Waals surface area contributed by atoms with Crippen LogP contribution in [-0.4, -0.2) is 12.4 Å². The van der Waals surface area contributed by atoms with Crippen molar-refractivity contribution in [2.45, 2.75) is 73.2 Å². The summed E-state index contributed by atoms with van der Waals surface area (Å²) >= 11 is 0. The van der Waals surface area contributed by atoms with Gasteiger partial charge in [-0.15, -0.1) is 0 Å². The Morgan fingerprint density at radius 1 is 0.714 bits per heavy atom. The zero-order chi connectivity index (χ0) is 24.0. The lowest BCUT2D eigenvalue weighted by Crippen LogP contribution is -2.57. The van der Waals surface area contributed by atoms with E-state index in [2.05, 4.69) is 93.6 Å². The Morgan fingerprint density at radius 3 is 1.69 bits per heavy atom. The van der Waals surface area contributed by atoms with Crippen molar-refractivity contribution >= 4 is 10.9 Å². The maximum atomic E-state index is 6.62. The van der Waals surface area contributed by atoms with Gasteiger partial charge in [0.05, 0.1) is 16.5 Å². The second-order valence-corrected chi connectivity index (χ2v) is 13.2. The van der Waals surface area contributed by atoms with Gasteiger partial charge in [0.1, 0.15) is 5.75 Å². The Bertz CT molecular complexity index is 1080. The standard InChI is InChI=1S/C32H37O2S/c1-22-14-30(35(28-10-6-4-7-11-28)29-12-8-5-9-13-29)15-23(2)31(22)33-21-34-32(3)26-17-24-16-25(19-26)20-27(32)18-24/h4-15,24-27H,16-21H2,1-3H3/q+1. The first-order chi connectivity index (χ1) is 17.0. The highest BCUT2D eigenvalue weighted by Crippen LogP contribution is 2.59. The van der Waals surface area contributed by atoms with E-state index in [1.165, 1.54) is 57.9 Å². The maximum Gasteiger partial charge on any atom is 0.189 e. The second kappa shape index (κ2) is 9.33. The predicted octanol–water partition coefficient (Wildman–Crippen LogP) is 7.97. The zero-order valence-electron chi connectivity index (χ0n) is 21.2. The molecule has 182 valence electrons. The minimum absolute atomic E-state index is 0.0116. The Kier molecular flexibility index (Phi) is 6.18. The highest BCUT2D eigenvalue weighted by atomic mass is 32.2. The van der Waals surface area contributed by atoms with Crippen molar-refractivity contribution in [3.8, 4) is 5.75 Å². The van der Waals surface area contributed by atoms with Crippen molar-refractivity contribution < 1.29 is 9.47 Å². The maximum absolute atomic E-state index is 6.62. The van der Waals surface area contributed by atoms with Crippen molar-refractivity contribution in [2.75, 3.05) is 6.79 Å². The van der Waals surface area contributed by atoms with Crippen molar-refractivity contribution in [3.63, 3.8) is 0 Å². The molecule has 0 amide bonds. The number of ether oxygens (including phenoxy) is 2. The number of aryl methyl sites for hydroxylation is 2. The van der Waals surface area contributed by atoms with Gasteiger partial charge in [0.25, 0.3) is 0 Å². The average molecular weight is 486 g/mol. The Morgan fingerprint density at radius 2 is 1.20 bits per heavy atom. The van der Waals surface area contributed by atoms with Crippen LogP contribution >= 0.6 is 0 Å². The molecule has 4 bridgehead atoms. The first-order valence-electron chi connectivity index (χ1n) is 13.2. The van der Waals surface area contributed by atoms with Gasteiger partial charge in [-0.05, 0) is 112 Å². The van der Waals surface area contributed by atoms with Gasteiger partial charge in [0.15, 0.2) is 21.5 Å². The summed E-state index contributed by atoms with van der Waals surface area (Å²) in [6.45, 7) is 7.07. The fourth-order valence-electron chi connectivity index (χ4n) is 7.35. The SMILES string of the molecule is Cc1cc([S+](c2ccccc2)c2ccccc2)cc(C)c1OCOC1(C)C2CC3CC(C2)CC1C3. The molecule has 4 aliphatic carbocycles.